The molecule has 0 bridgehead atoms. The molecule has 16 heavy (non-hydrogen) atoms. The Hall–Kier alpha value is -1.51. The highest BCUT2D eigenvalue weighted by atomic mass is 16.4. The van der Waals surface area contributed by atoms with Crippen molar-refractivity contribution in [3.63, 3.8) is 0 Å². The van der Waals surface area contributed by atoms with Crippen molar-refractivity contribution in [3.8, 4) is 0 Å². The first-order chi connectivity index (χ1) is 7.60. The van der Waals surface area contributed by atoms with Gasteiger partial charge in [0.05, 0.1) is 0 Å². The molecule has 1 aromatic carbocycles. The molecular weight excluding hydrogens is 202 g/mol. The summed E-state index contributed by atoms with van der Waals surface area (Å²) in [6.45, 7) is 6.47. The summed E-state index contributed by atoms with van der Waals surface area (Å²) in [6, 6.07) is 7.58. The van der Waals surface area contributed by atoms with Crippen LogP contribution >= 0.6 is 0 Å². The van der Waals surface area contributed by atoms with Gasteiger partial charge in [-0.3, -0.25) is 0 Å². The SMILES string of the molecule is CCc1ccc(N(CC)C(C)C(=O)O)cc1. The number of carboxylic acids is 1. The van der Waals surface area contributed by atoms with Crippen LogP contribution in [0.2, 0.25) is 0 Å². The van der Waals surface area contributed by atoms with Crippen LogP contribution in [-0.4, -0.2) is 23.7 Å². The minimum atomic E-state index is -0.790. The van der Waals surface area contributed by atoms with E-state index in [9.17, 15) is 4.79 Å². The molecule has 3 nitrogen and oxygen atoms in total. The second kappa shape index (κ2) is 5.54. The van der Waals surface area contributed by atoms with Crippen molar-refractivity contribution in [2.24, 2.45) is 0 Å². The van der Waals surface area contributed by atoms with Crippen LogP contribution in [0.25, 0.3) is 0 Å². The molecule has 3 heteroatoms. The van der Waals surface area contributed by atoms with E-state index in [1.54, 1.807) is 6.92 Å². The Kier molecular flexibility index (Phi) is 4.35. The van der Waals surface area contributed by atoms with Crippen molar-refractivity contribution < 1.29 is 9.90 Å². The Morgan fingerprint density at radius 2 is 1.88 bits per heavy atom. The molecule has 0 fully saturated rings. The van der Waals surface area contributed by atoms with Crippen molar-refractivity contribution in [1.82, 2.24) is 0 Å². The van der Waals surface area contributed by atoms with E-state index in [0.29, 0.717) is 6.54 Å². The first-order valence-electron chi connectivity index (χ1n) is 5.68. The Labute approximate surface area is 96.7 Å². The molecular formula is C13H19NO2. The van der Waals surface area contributed by atoms with Crippen molar-refractivity contribution in [2.75, 3.05) is 11.4 Å². The van der Waals surface area contributed by atoms with Gasteiger partial charge in [-0.05, 0) is 38.0 Å². The van der Waals surface area contributed by atoms with Crippen LogP contribution in [-0.2, 0) is 11.2 Å². The lowest BCUT2D eigenvalue weighted by atomic mass is 10.1. The summed E-state index contributed by atoms with van der Waals surface area (Å²) < 4.78 is 0. The molecule has 0 aliphatic rings. The van der Waals surface area contributed by atoms with Crippen molar-refractivity contribution in [2.45, 2.75) is 33.2 Å². The molecule has 1 atom stereocenters. The Morgan fingerprint density at radius 3 is 2.25 bits per heavy atom. The summed E-state index contributed by atoms with van der Waals surface area (Å²) in [5.74, 6) is -0.790. The minimum absolute atomic E-state index is 0.488. The third-order valence-electron chi connectivity index (χ3n) is 2.84. The topological polar surface area (TPSA) is 40.5 Å². The van der Waals surface area contributed by atoms with Gasteiger partial charge < -0.3 is 10.0 Å². The molecule has 0 aliphatic carbocycles. The van der Waals surface area contributed by atoms with Crippen LogP contribution in [0.1, 0.15) is 26.3 Å². The lowest BCUT2D eigenvalue weighted by molar-refractivity contribution is -0.138. The highest BCUT2D eigenvalue weighted by molar-refractivity contribution is 5.77. The number of hydrogen-bond acceptors (Lipinski definition) is 2. The minimum Gasteiger partial charge on any atom is -0.480 e. The fourth-order valence-electron chi connectivity index (χ4n) is 1.74. The average Bonchev–Trinajstić information content (AvgIpc) is 2.30. The smallest absolute Gasteiger partial charge is 0.326 e. The van der Waals surface area contributed by atoms with Gasteiger partial charge in [-0.2, -0.15) is 0 Å². The first-order valence-corrected chi connectivity index (χ1v) is 5.68. The lowest BCUT2D eigenvalue weighted by Crippen LogP contribution is -2.38. The van der Waals surface area contributed by atoms with Crippen LogP contribution < -0.4 is 4.90 Å². The number of aliphatic carboxylic acids is 1. The van der Waals surface area contributed by atoms with E-state index in [1.807, 2.05) is 36.1 Å². The Bertz CT molecular complexity index is 345. The molecule has 1 rings (SSSR count). The first kappa shape index (κ1) is 12.6. The summed E-state index contributed by atoms with van der Waals surface area (Å²) in [4.78, 5) is 12.8. The zero-order valence-electron chi connectivity index (χ0n) is 10.1. The van der Waals surface area contributed by atoms with E-state index in [0.717, 1.165) is 12.1 Å². The second-order valence-electron chi connectivity index (χ2n) is 3.82. The monoisotopic (exact) mass is 221 g/mol. The van der Waals surface area contributed by atoms with Gasteiger partial charge in [0, 0.05) is 12.2 Å². The second-order valence-corrected chi connectivity index (χ2v) is 3.82. The Balaban J connectivity index is 2.90. The zero-order chi connectivity index (χ0) is 12.1. The number of benzene rings is 1. The van der Waals surface area contributed by atoms with Gasteiger partial charge in [-0.25, -0.2) is 4.79 Å². The predicted molar refractivity (Wildman–Crippen MR) is 65.9 cm³/mol. The van der Waals surface area contributed by atoms with Crippen LogP contribution in [0.3, 0.4) is 0 Å². The van der Waals surface area contributed by atoms with Crippen LogP contribution in [0, 0.1) is 0 Å². The molecule has 0 saturated carbocycles. The summed E-state index contributed by atoms with van der Waals surface area (Å²) >= 11 is 0. The number of nitrogens with zero attached hydrogens (tertiary/aromatic N) is 1. The number of likely N-dealkylation sites (N-methyl/N-ethyl adjacent to an activating group) is 1. The third kappa shape index (κ3) is 2.75. The normalized spacial score (nSPS) is 12.2. The van der Waals surface area contributed by atoms with Gasteiger partial charge in [-0.15, -0.1) is 0 Å². The van der Waals surface area contributed by atoms with E-state index < -0.39 is 12.0 Å². The number of rotatable bonds is 5. The number of hydrogen-bond donors (Lipinski definition) is 1. The molecule has 1 unspecified atom stereocenters. The maximum Gasteiger partial charge on any atom is 0.326 e. The average molecular weight is 221 g/mol. The van der Waals surface area contributed by atoms with Crippen molar-refractivity contribution in [3.05, 3.63) is 29.8 Å². The van der Waals surface area contributed by atoms with Crippen LogP contribution in [0.4, 0.5) is 5.69 Å². The molecule has 1 aromatic rings. The fourth-order valence-corrected chi connectivity index (χ4v) is 1.74. The van der Waals surface area contributed by atoms with Gasteiger partial charge in [0.1, 0.15) is 6.04 Å². The van der Waals surface area contributed by atoms with Gasteiger partial charge in [0.2, 0.25) is 0 Å². The molecule has 0 heterocycles. The van der Waals surface area contributed by atoms with Gasteiger partial charge in [0.15, 0.2) is 0 Å². The fraction of sp³-hybridized carbons (Fsp3) is 0.462. The van der Waals surface area contributed by atoms with Gasteiger partial charge in [-0.1, -0.05) is 19.1 Å². The number of anilines is 1. The molecule has 0 saturated heterocycles. The number of aryl methyl sites for hydroxylation is 1. The van der Waals surface area contributed by atoms with Gasteiger partial charge >= 0.3 is 5.97 Å². The van der Waals surface area contributed by atoms with E-state index in [2.05, 4.69) is 6.92 Å². The summed E-state index contributed by atoms with van der Waals surface area (Å²) in [6.07, 6.45) is 1.00. The van der Waals surface area contributed by atoms with Gasteiger partial charge in [0.25, 0.3) is 0 Å². The van der Waals surface area contributed by atoms with E-state index >= 15 is 0 Å². The van der Waals surface area contributed by atoms with E-state index in [1.165, 1.54) is 5.56 Å². The molecule has 0 amide bonds. The highest BCUT2D eigenvalue weighted by Crippen LogP contribution is 2.18. The van der Waals surface area contributed by atoms with Crippen molar-refractivity contribution >= 4 is 11.7 Å². The summed E-state index contributed by atoms with van der Waals surface area (Å²) in [7, 11) is 0. The molecule has 0 aliphatic heterocycles. The third-order valence-corrected chi connectivity index (χ3v) is 2.84. The predicted octanol–water partition coefficient (Wildman–Crippen LogP) is 2.55. The molecule has 0 radical (unpaired) electrons. The van der Waals surface area contributed by atoms with Crippen LogP contribution in [0.15, 0.2) is 24.3 Å². The summed E-state index contributed by atoms with van der Waals surface area (Å²) in [5, 5.41) is 9.00. The van der Waals surface area contributed by atoms with Crippen molar-refractivity contribution in [1.29, 1.82) is 0 Å². The lowest BCUT2D eigenvalue weighted by Gasteiger charge is -2.27. The van der Waals surface area contributed by atoms with E-state index in [4.69, 9.17) is 5.11 Å². The quantitative estimate of drug-likeness (QED) is 0.830. The zero-order valence-corrected chi connectivity index (χ0v) is 10.1. The largest absolute Gasteiger partial charge is 0.480 e. The molecule has 88 valence electrons. The Morgan fingerprint density at radius 1 is 1.31 bits per heavy atom. The van der Waals surface area contributed by atoms with E-state index in [-0.39, 0.29) is 0 Å². The number of carbonyl (C=O) groups is 1. The molecule has 0 aromatic heterocycles. The standard InChI is InChI=1S/C13H19NO2/c1-4-11-6-8-12(9-7-11)14(5-2)10(3)13(15)16/h6-10H,4-5H2,1-3H3,(H,15,16). The highest BCUT2D eigenvalue weighted by Gasteiger charge is 2.19. The molecule has 1 N–H and O–H groups in total. The maximum atomic E-state index is 11.0. The maximum absolute atomic E-state index is 11.0. The van der Waals surface area contributed by atoms with Crippen LogP contribution in [0.5, 0.6) is 0 Å². The summed E-state index contributed by atoms with van der Waals surface area (Å²) in [5.41, 5.74) is 2.23. The number of carboxylic acid groups (broad SMARTS) is 1. The molecule has 0 spiro atoms.